The molecule has 0 radical (unpaired) electrons. The van der Waals surface area contributed by atoms with Crippen molar-refractivity contribution in [3.8, 4) is 5.75 Å². The number of carbonyl (C=O) groups is 1. The molecule has 4 heteroatoms. The van der Waals surface area contributed by atoms with Gasteiger partial charge in [0, 0.05) is 13.1 Å². The number of carbonyl (C=O) groups excluding carboxylic acids is 1. The summed E-state index contributed by atoms with van der Waals surface area (Å²) in [6.07, 6.45) is 4.62. The molecule has 1 heterocycles. The Morgan fingerprint density at radius 2 is 1.83 bits per heavy atom. The number of ether oxygens (including phenoxy) is 1. The monoisotopic (exact) mass is 267 g/mol. The van der Waals surface area contributed by atoms with E-state index in [4.69, 9.17) is 16.3 Å². The van der Waals surface area contributed by atoms with Crippen molar-refractivity contribution in [1.82, 2.24) is 4.90 Å². The zero-order chi connectivity index (χ0) is 12.8. The third kappa shape index (κ3) is 3.64. The van der Waals surface area contributed by atoms with Crippen molar-refractivity contribution in [2.24, 2.45) is 0 Å². The van der Waals surface area contributed by atoms with Crippen molar-refractivity contribution in [2.75, 3.05) is 19.7 Å². The number of amides is 1. The minimum absolute atomic E-state index is 0.0526. The van der Waals surface area contributed by atoms with Gasteiger partial charge < -0.3 is 9.64 Å². The van der Waals surface area contributed by atoms with Crippen molar-refractivity contribution in [1.29, 1.82) is 0 Å². The number of rotatable bonds is 3. The first kappa shape index (κ1) is 13.2. The van der Waals surface area contributed by atoms with E-state index in [1.54, 1.807) is 12.1 Å². The van der Waals surface area contributed by atoms with Crippen LogP contribution >= 0.6 is 11.6 Å². The molecular formula is C14H18ClNO2. The molecule has 0 bridgehead atoms. The highest BCUT2D eigenvalue weighted by Gasteiger charge is 2.16. The second kappa shape index (κ2) is 6.64. The van der Waals surface area contributed by atoms with Gasteiger partial charge in [-0.2, -0.15) is 0 Å². The van der Waals surface area contributed by atoms with Gasteiger partial charge in [0.25, 0.3) is 5.91 Å². The molecule has 1 amide bonds. The van der Waals surface area contributed by atoms with Gasteiger partial charge >= 0.3 is 0 Å². The fourth-order valence-corrected chi connectivity index (χ4v) is 2.30. The highest BCUT2D eigenvalue weighted by molar-refractivity contribution is 6.32. The van der Waals surface area contributed by atoms with Gasteiger partial charge in [-0.05, 0) is 25.0 Å². The average Bonchev–Trinajstić information content (AvgIpc) is 2.66. The van der Waals surface area contributed by atoms with E-state index in [2.05, 4.69) is 0 Å². The average molecular weight is 268 g/mol. The molecule has 2 rings (SSSR count). The van der Waals surface area contributed by atoms with Crippen LogP contribution < -0.4 is 4.74 Å². The van der Waals surface area contributed by atoms with E-state index < -0.39 is 0 Å². The molecular weight excluding hydrogens is 250 g/mol. The quantitative estimate of drug-likeness (QED) is 0.842. The van der Waals surface area contributed by atoms with Crippen LogP contribution in [0.15, 0.2) is 24.3 Å². The van der Waals surface area contributed by atoms with Crippen LogP contribution in [0.2, 0.25) is 5.02 Å². The molecule has 0 unspecified atom stereocenters. The molecule has 0 spiro atoms. The van der Waals surface area contributed by atoms with E-state index >= 15 is 0 Å². The molecule has 98 valence electrons. The largest absolute Gasteiger partial charge is 0.482 e. The molecule has 0 atom stereocenters. The van der Waals surface area contributed by atoms with Crippen molar-refractivity contribution in [3.63, 3.8) is 0 Å². The summed E-state index contributed by atoms with van der Waals surface area (Å²) in [4.78, 5) is 13.9. The summed E-state index contributed by atoms with van der Waals surface area (Å²) < 4.78 is 5.47. The van der Waals surface area contributed by atoms with Crippen LogP contribution in [-0.2, 0) is 4.79 Å². The van der Waals surface area contributed by atoms with Gasteiger partial charge in [0.2, 0.25) is 0 Å². The van der Waals surface area contributed by atoms with Crippen molar-refractivity contribution < 1.29 is 9.53 Å². The van der Waals surface area contributed by atoms with E-state index in [1.807, 2.05) is 17.0 Å². The summed E-state index contributed by atoms with van der Waals surface area (Å²) in [6, 6.07) is 7.22. The Morgan fingerprint density at radius 3 is 2.50 bits per heavy atom. The number of likely N-dealkylation sites (tertiary alicyclic amines) is 1. The molecule has 18 heavy (non-hydrogen) atoms. The van der Waals surface area contributed by atoms with E-state index in [0.717, 1.165) is 25.9 Å². The highest BCUT2D eigenvalue weighted by atomic mass is 35.5. The Hall–Kier alpha value is -1.22. The van der Waals surface area contributed by atoms with Gasteiger partial charge in [-0.15, -0.1) is 0 Å². The lowest BCUT2D eigenvalue weighted by atomic mass is 10.2. The number of nitrogens with zero attached hydrogens (tertiary/aromatic N) is 1. The number of hydrogen-bond donors (Lipinski definition) is 0. The van der Waals surface area contributed by atoms with Crippen LogP contribution in [0.1, 0.15) is 25.7 Å². The Morgan fingerprint density at radius 1 is 1.17 bits per heavy atom. The molecule has 0 N–H and O–H groups in total. The van der Waals surface area contributed by atoms with Crippen molar-refractivity contribution in [2.45, 2.75) is 25.7 Å². The first-order valence-electron chi connectivity index (χ1n) is 6.42. The first-order chi connectivity index (χ1) is 8.77. The van der Waals surface area contributed by atoms with Crippen molar-refractivity contribution in [3.05, 3.63) is 29.3 Å². The lowest BCUT2D eigenvalue weighted by molar-refractivity contribution is -0.133. The third-order valence-corrected chi connectivity index (χ3v) is 3.46. The summed E-state index contributed by atoms with van der Waals surface area (Å²) in [5, 5.41) is 0.543. The van der Waals surface area contributed by atoms with Crippen LogP contribution in [0, 0.1) is 0 Å². The zero-order valence-electron chi connectivity index (χ0n) is 10.4. The minimum atomic E-state index is 0.0526. The summed E-state index contributed by atoms with van der Waals surface area (Å²) in [5.41, 5.74) is 0. The van der Waals surface area contributed by atoms with Crippen LogP contribution in [0.25, 0.3) is 0 Å². The van der Waals surface area contributed by atoms with E-state index in [0.29, 0.717) is 10.8 Å². The Labute approximate surface area is 113 Å². The maximum atomic E-state index is 12.0. The number of para-hydroxylation sites is 1. The Balaban J connectivity index is 1.86. The second-order valence-electron chi connectivity index (χ2n) is 4.51. The Kier molecular flexibility index (Phi) is 4.88. The maximum absolute atomic E-state index is 12.0. The predicted molar refractivity (Wildman–Crippen MR) is 72.0 cm³/mol. The smallest absolute Gasteiger partial charge is 0.260 e. The van der Waals surface area contributed by atoms with Crippen LogP contribution in [0.5, 0.6) is 5.75 Å². The fourth-order valence-electron chi connectivity index (χ4n) is 2.11. The van der Waals surface area contributed by atoms with Gasteiger partial charge in [-0.1, -0.05) is 36.6 Å². The fraction of sp³-hybridized carbons (Fsp3) is 0.500. The molecule has 1 aliphatic rings. The minimum Gasteiger partial charge on any atom is -0.482 e. The third-order valence-electron chi connectivity index (χ3n) is 3.15. The lowest BCUT2D eigenvalue weighted by Crippen LogP contribution is -2.35. The molecule has 1 aromatic rings. The van der Waals surface area contributed by atoms with E-state index in [-0.39, 0.29) is 12.5 Å². The molecule has 1 aromatic carbocycles. The number of halogens is 1. The summed E-state index contributed by atoms with van der Waals surface area (Å²) >= 11 is 5.97. The van der Waals surface area contributed by atoms with Crippen LogP contribution in [0.3, 0.4) is 0 Å². The second-order valence-corrected chi connectivity index (χ2v) is 4.92. The van der Waals surface area contributed by atoms with Gasteiger partial charge in [0.1, 0.15) is 5.75 Å². The SMILES string of the molecule is O=C(COc1ccccc1Cl)N1CCCCCC1. The number of hydrogen-bond acceptors (Lipinski definition) is 2. The zero-order valence-corrected chi connectivity index (χ0v) is 11.2. The van der Waals surface area contributed by atoms with Crippen LogP contribution in [0.4, 0.5) is 0 Å². The standard InChI is InChI=1S/C14H18ClNO2/c15-12-7-3-4-8-13(12)18-11-14(17)16-9-5-1-2-6-10-16/h3-4,7-8H,1-2,5-6,9-11H2. The summed E-state index contributed by atoms with van der Waals surface area (Å²) in [7, 11) is 0. The van der Waals surface area contributed by atoms with E-state index in [1.165, 1.54) is 12.8 Å². The van der Waals surface area contributed by atoms with Crippen molar-refractivity contribution >= 4 is 17.5 Å². The predicted octanol–water partition coefficient (Wildman–Crippen LogP) is 3.12. The summed E-state index contributed by atoms with van der Waals surface area (Å²) in [5.74, 6) is 0.624. The molecule has 0 aliphatic carbocycles. The van der Waals surface area contributed by atoms with Crippen LogP contribution in [-0.4, -0.2) is 30.5 Å². The first-order valence-corrected chi connectivity index (χ1v) is 6.80. The summed E-state index contributed by atoms with van der Waals surface area (Å²) in [6.45, 7) is 1.78. The maximum Gasteiger partial charge on any atom is 0.260 e. The molecule has 1 aliphatic heterocycles. The highest BCUT2D eigenvalue weighted by Crippen LogP contribution is 2.23. The van der Waals surface area contributed by atoms with E-state index in [9.17, 15) is 4.79 Å². The lowest BCUT2D eigenvalue weighted by Gasteiger charge is -2.20. The molecule has 1 fully saturated rings. The Bertz CT molecular complexity index is 401. The molecule has 3 nitrogen and oxygen atoms in total. The number of benzene rings is 1. The van der Waals surface area contributed by atoms with Gasteiger partial charge in [0.15, 0.2) is 6.61 Å². The van der Waals surface area contributed by atoms with Gasteiger partial charge in [-0.25, -0.2) is 0 Å². The normalized spacial score (nSPS) is 16.2. The molecule has 0 saturated carbocycles. The van der Waals surface area contributed by atoms with Gasteiger partial charge in [0.05, 0.1) is 5.02 Å². The van der Waals surface area contributed by atoms with Gasteiger partial charge in [-0.3, -0.25) is 4.79 Å². The molecule has 0 aromatic heterocycles. The molecule has 1 saturated heterocycles. The topological polar surface area (TPSA) is 29.5 Å².